The minimum atomic E-state index is 0.340. The van der Waals surface area contributed by atoms with Crippen LogP contribution in [0.2, 0.25) is 0 Å². The van der Waals surface area contributed by atoms with Crippen LogP contribution in [0.15, 0.2) is 22.7 Å². The molecule has 0 aliphatic heterocycles. The van der Waals surface area contributed by atoms with Gasteiger partial charge in [0.05, 0.1) is 11.7 Å². The van der Waals surface area contributed by atoms with Crippen molar-refractivity contribution in [2.75, 3.05) is 0 Å². The highest BCUT2D eigenvalue weighted by Gasteiger charge is 2.20. The second-order valence-electron chi connectivity index (χ2n) is 3.68. The zero-order chi connectivity index (χ0) is 10.8. The van der Waals surface area contributed by atoms with Crippen molar-refractivity contribution < 1.29 is 4.74 Å². The van der Waals surface area contributed by atoms with E-state index in [1.54, 1.807) is 0 Å². The molecule has 1 aliphatic rings. The average Bonchev–Trinajstić information content (AvgIpc) is 2.11. The lowest BCUT2D eigenvalue weighted by Gasteiger charge is -2.27. The van der Waals surface area contributed by atoms with Crippen LogP contribution in [-0.4, -0.2) is 11.1 Å². The Balaban J connectivity index is 2.24. The highest BCUT2D eigenvalue weighted by Crippen LogP contribution is 2.29. The van der Waals surface area contributed by atoms with Gasteiger partial charge in [0.1, 0.15) is 10.7 Å². The Morgan fingerprint density at radius 1 is 1.47 bits per heavy atom. The van der Waals surface area contributed by atoms with E-state index in [0.29, 0.717) is 11.1 Å². The van der Waals surface area contributed by atoms with Crippen molar-refractivity contribution in [1.29, 1.82) is 0 Å². The largest absolute Gasteiger partial charge is 0.490 e. The Morgan fingerprint density at radius 3 is 2.73 bits per heavy atom. The third-order valence-corrected chi connectivity index (χ3v) is 3.27. The zero-order valence-electron chi connectivity index (χ0n) is 8.20. The first-order chi connectivity index (χ1) is 7.16. The van der Waals surface area contributed by atoms with Gasteiger partial charge < -0.3 is 10.5 Å². The summed E-state index contributed by atoms with van der Waals surface area (Å²) < 4.78 is 6.81. The molecule has 4 heteroatoms. The van der Waals surface area contributed by atoms with Crippen molar-refractivity contribution in [3.8, 4) is 5.75 Å². The maximum atomic E-state index is 5.83. The smallest absolute Gasteiger partial charge is 0.131 e. The van der Waals surface area contributed by atoms with Crippen molar-refractivity contribution >= 4 is 33.1 Å². The summed E-state index contributed by atoms with van der Waals surface area (Å²) in [6.45, 7) is 0. The Bertz CT molecular complexity index is 390. The molecule has 80 valence electrons. The number of hydrogen-bond donors (Lipinski definition) is 1. The average molecular weight is 286 g/mol. The van der Waals surface area contributed by atoms with E-state index >= 15 is 0 Å². The summed E-state index contributed by atoms with van der Waals surface area (Å²) in [6, 6.07) is 5.73. The van der Waals surface area contributed by atoms with Gasteiger partial charge in [-0.25, -0.2) is 0 Å². The number of halogens is 1. The fourth-order valence-corrected chi connectivity index (χ4v) is 1.97. The third-order valence-electron chi connectivity index (χ3n) is 2.55. The van der Waals surface area contributed by atoms with Crippen LogP contribution in [-0.2, 0) is 0 Å². The van der Waals surface area contributed by atoms with Crippen molar-refractivity contribution in [3.05, 3.63) is 28.2 Å². The molecular weight excluding hydrogens is 274 g/mol. The number of ether oxygens (including phenoxy) is 1. The van der Waals surface area contributed by atoms with E-state index in [-0.39, 0.29) is 0 Å². The van der Waals surface area contributed by atoms with Crippen LogP contribution >= 0.6 is 28.1 Å². The van der Waals surface area contributed by atoms with Crippen LogP contribution < -0.4 is 10.5 Å². The number of hydrogen-bond acceptors (Lipinski definition) is 2. The summed E-state index contributed by atoms with van der Waals surface area (Å²) in [5.74, 6) is 0.793. The third kappa shape index (κ3) is 2.49. The number of thiocarbonyl (C=S) groups is 1. The second-order valence-corrected chi connectivity index (χ2v) is 5.03. The summed E-state index contributed by atoms with van der Waals surface area (Å²) in [7, 11) is 0. The SMILES string of the molecule is NC(=S)c1ccc(Br)cc1OC1CCC1. The normalized spacial score (nSPS) is 15.8. The van der Waals surface area contributed by atoms with E-state index in [9.17, 15) is 0 Å². The summed E-state index contributed by atoms with van der Waals surface area (Å²) in [6.07, 6.45) is 3.85. The molecule has 2 rings (SSSR count). The summed E-state index contributed by atoms with van der Waals surface area (Å²) in [5.41, 5.74) is 6.46. The molecule has 1 aliphatic carbocycles. The summed E-state index contributed by atoms with van der Waals surface area (Å²) in [5, 5.41) is 0. The van der Waals surface area contributed by atoms with Gasteiger partial charge in [-0.15, -0.1) is 0 Å². The molecule has 0 amide bonds. The molecule has 2 N–H and O–H groups in total. The maximum absolute atomic E-state index is 5.83. The number of rotatable bonds is 3. The van der Waals surface area contributed by atoms with E-state index in [4.69, 9.17) is 22.7 Å². The molecule has 15 heavy (non-hydrogen) atoms. The van der Waals surface area contributed by atoms with E-state index < -0.39 is 0 Å². The van der Waals surface area contributed by atoms with Gasteiger partial charge in [0, 0.05) is 4.47 Å². The molecule has 0 bridgehead atoms. The van der Waals surface area contributed by atoms with Crippen LogP contribution in [0.1, 0.15) is 24.8 Å². The summed E-state index contributed by atoms with van der Waals surface area (Å²) >= 11 is 8.39. The van der Waals surface area contributed by atoms with Crippen LogP contribution in [0, 0.1) is 0 Å². The number of nitrogens with two attached hydrogens (primary N) is 1. The molecule has 1 aromatic rings. The Morgan fingerprint density at radius 2 is 2.20 bits per heavy atom. The molecule has 1 aromatic carbocycles. The molecule has 1 fully saturated rings. The predicted octanol–water partition coefficient (Wildman–Crippen LogP) is 3.01. The standard InChI is InChI=1S/C11H12BrNOS/c12-7-4-5-9(11(13)15)10(6-7)14-8-2-1-3-8/h4-6,8H,1-3H2,(H2,13,15). The molecule has 2 nitrogen and oxygen atoms in total. The van der Waals surface area contributed by atoms with Crippen LogP contribution in [0.4, 0.5) is 0 Å². The molecule has 1 saturated carbocycles. The van der Waals surface area contributed by atoms with Crippen LogP contribution in [0.25, 0.3) is 0 Å². The highest BCUT2D eigenvalue weighted by molar-refractivity contribution is 9.10. The van der Waals surface area contributed by atoms with Crippen LogP contribution in [0.5, 0.6) is 5.75 Å². The van der Waals surface area contributed by atoms with E-state index in [0.717, 1.165) is 28.6 Å². The lowest BCUT2D eigenvalue weighted by molar-refractivity contribution is 0.120. The van der Waals surface area contributed by atoms with Gasteiger partial charge in [-0.05, 0) is 37.5 Å². The zero-order valence-corrected chi connectivity index (χ0v) is 10.6. The van der Waals surface area contributed by atoms with E-state index in [1.165, 1.54) is 6.42 Å². The monoisotopic (exact) mass is 285 g/mol. The maximum Gasteiger partial charge on any atom is 0.131 e. The Hall–Kier alpha value is -0.610. The van der Waals surface area contributed by atoms with Gasteiger partial charge in [-0.1, -0.05) is 28.1 Å². The summed E-state index contributed by atoms with van der Waals surface area (Å²) in [4.78, 5) is 0.386. The quantitative estimate of drug-likeness (QED) is 0.867. The minimum Gasteiger partial charge on any atom is -0.490 e. The predicted molar refractivity (Wildman–Crippen MR) is 68.3 cm³/mol. The molecule has 0 spiro atoms. The van der Waals surface area contributed by atoms with Crippen molar-refractivity contribution in [2.45, 2.75) is 25.4 Å². The van der Waals surface area contributed by atoms with Gasteiger partial charge in [0.2, 0.25) is 0 Å². The van der Waals surface area contributed by atoms with Gasteiger partial charge in [0.15, 0.2) is 0 Å². The molecule has 0 saturated heterocycles. The second kappa shape index (κ2) is 4.49. The molecule has 0 unspecified atom stereocenters. The van der Waals surface area contributed by atoms with Crippen molar-refractivity contribution in [1.82, 2.24) is 0 Å². The van der Waals surface area contributed by atoms with Crippen molar-refractivity contribution in [2.24, 2.45) is 5.73 Å². The Kier molecular flexibility index (Phi) is 3.26. The van der Waals surface area contributed by atoms with Gasteiger partial charge in [0.25, 0.3) is 0 Å². The Labute approximate surface area is 103 Å². The lowest BCUT2D eigenvalue weighted by atomic mass is 9.96. The van der Waals surface area contributed by atoms with Gasteiger partial charge in [-0.2, -0.15) is 0 Å². The first kappa shape index (κ1) is 10.9. The topological polar surface area (TPSA) is 35.2 Å². The number of benzene rings is 1. The molecule has 0 atom stereocenters. The van der Waals surface area contributed by atoms with Crippen LogP contribution in [0.3, 0.4) is 0 Å². The van der Waals surface area contributed by atoms with E-state index in [1.807, 2.05) is 18.2 Å². The van der Waals surface area contributed by atoms with E-state index in [2.05, 4.69) is 15.9 Å². The fourth-order valence-electron chi connectivity index (χ4n) is 1.47. The molecule has 0 radical (unpaired) electrons. The fraction of sp³-hybridized carbons (Fsp3) is 0.364. The van der Waals surface area contributed by atoms with Gasteiger partial charge in [-0.3, -0.25) is 0 Å². The first-order valence-electron chi connectivity index (χ1n) is 4.93. The first-order valence-corrected chi connectivity index (χ1v) is 6.13. The molecule has 0 aromatic heterocycles. The molecule has 0 heterocycles. The highest BCUT2D eigenvalue weighted by atomic mass is 79.9. The van der Waals surface area contributed by atoms with Gasteiger partial charge >= 0.3 is 0 Å². The lowest BCUT2D eigenvalue weighted by Crippen LogP contribution is -2.26. The minimum absolute atomic E-state index is 0.340. The van der Waals surface area contributed by atoms with Crippen molar-refractivity contribution in [3.63, 3.8) is 0 Å². The molecular formula is C11H12BrNOS.